The van der Waals surface area contributed by atoms with Crippen molar-refractivity contribution in [2.45, 2.75) is 6.92 Å². The first kappa shape index (κ1) is 14.7. The zero-order valence-corrected chi connectivity index (χ0v) is 13.6. The first-order valence-corrected chi connectivity index (χ1v) is 7.80. The average Bonchev–Trinajstić information content (AvgIpc) is 2.98. The molecule has 24 heavy (non-hydrogen) atoms. The molecule has 6 heteroatoms. The fourth-order valence-corrected chi connectivity index (χ4v) is 2.90. The van der Waals surface area contributed by atoms with Gasteiger partial charge in [0, 0.05) is 16.3 Å². The van der Waals surface area contributed by atoms with Crippen LogP contribution in [0.1, 0.15) is 5.69 Å². The second-order valence-electron chi connectivity index (χ2n) is 5.49. The maximum atomic E-state index is 12.8. The molecule has 0 aliphatic heterocycles. The SMILES string of the molecule is Cc1[nH]nc(-n2cnc3ccccc3c2=O)c1-c1ccc(Cl)cc1. The number of hydrogen-bond acceptors (Lipinski definition) is 3. The Labute approximate surface area is 142 Å². The largest absolute Gasteiger partial charge is 0.280 e. The highest BCUT2D eigenvalue weighted by Crippen LogP contribution is 2.28. The molecular formula is C18H13ClN4O. The molecule has 1 N–H and O–H groups in total. The van der Waals surface area contributed by atoms with Gasteiger partial charge in [-0.1, -0.05) is 35.9 Å². The highest BCUT2D eigenvalue weighted by molar-refractivity contribution is 6.30. The van der Waals surface area contributed by atoms with Crippen molar-refractivity contribution >= 4 is 22.5 Å². The molecule has 0 aliphatic rings. The lowest BCUT2D eigenvalue weighted by Crippen LogP contribution is -2.19. The number of para-hydroxylation sites is 1. The van der Waals surface area contributed by atoms with Crippen molar-refractivity contribution in [1.29, 1.82) is 0 Å². The van der Waals surface area contributed by atoms with E-state index in [4.69, 9.17) is 11.6 Å². The number of halogens is 1. The van der Waals surface area contributed by atoms with Crippen LogP contribution < -0.4 is 5.56 Å². The summed E-state index contributed by atoms with van der Waals surface area (Å²) in [5.41, 5.74) is 3.17. The molecule has 0 bridgehead atoms. The van der Waals surface area contributed by atoms with Crippen LogP contribution >= 0.6 is 11.6 Å². The summed E-state index contributed by atoms with van der Waals surface area (Å²) in [6, 6.07) is 14.7. The van der Waals surface area contributed by atoms with Gasteiger partial charge >= 0.3 is 0 Å². The van der Waals surface area contributed by atoms with Gasteiger partial charge < -0.3 is 0 Å². The van der Waals surface area contributed by atoms with Crippen molar-refractivity contribution in [2.24, 2.45) is 0 Å². The second-order valence-corrected chi connectivity index (χ2v) is 5.93. The molecule has 2 heterocycles. The summed E-state index contributed by atoms with van der Waals surface area (Å²) in [5.74, 6) is 0.526. The van der Waals surface area contributed by atoms with E-state index in [1.165, 1.54) is 10.9 Å². The van der Waals surface area contributed by atoms with Crippen LogP contribution in [0.15, 0.2) is 59.7 Å². The molecule has 2 aromatic heterocycles. The predicted octanol–water partition coefficient (Wildman–Crippen LogP) is 3.74. The highest BCUT2D eigenvalue weighted by Gasteiger charge is 2.16. The number of aryl methyl sites for hydroxylation is 1. The molecule has 0 saturated heterocycles. The fourth-order valence-electron chi connectivity index (χ4n) is 2.77. The Morgan fingerprint density at radius 1 is 1.08 bits per heavy atom. The molecular weight excluding hydrogens is 324 g/mol. The van der Waals surface area contributed by atoms with Gasteiger partial charge in [-0.2, -0.15) is 5.10 Å². The Kier molecular flexibility index (Phi) is 3.43. The van der Waals surface area contributed by atoms with Crippen molar-refractivity contribution < 1.29 is 0 Å². The van der Waals surface area contributed by atoms with E-state index in [0.29, 0.717) is 21.7 Å². The summed E-state index contributed by atoms with van der Waals surface area (Å²) < 4.78 is 1.47. The van der Waals surface area contributed by atoms with Crippen LogP contribution in [0.4, 0.5) is 0 Å². The summed E-state index contributed by atoms with van der Waals surface area (Å²) in [7, 11) is 0. The molecule has 0 aliphatic carbocycles. The van der Waals surface area contributed by atoms with Crippen molar-refractivity contribution in [3.8, 4) is 16.9 Å². The Bertz CT molecular complexity index is 1100. The van der Waals surface area contributed by atoms with Gasteiger partial charge in [-0.25, -0.2) is 9.55 Å². The number of hydrogen-bond donors (Lipinski definition) is 1. The summed E-state index contributed by atoms with van der Waals surface area (Å²) >= 11 is 5.97. The average molecular weight is 337 g/mol. The zero-order valence-electron chi connectivity index (χ0n) is 12.8. The topological polar surface area (TPSA) is 63.6 Å². The first-order valence-electron chi connectivity index (χ1n) is 7.43. The molecule has 118 valence electrons. The minimum absolute atomic E-state index is 0.151. The fraction of sp³-hybridized carbons (Fsp3) is 0.0556. The van der Waals surface area contributed by atoms with Gasteiger partial charge in [-0.05, 0) is 36.8 Å². The van der Waals surface area contributed by atoms with Crippen LogP contribution in [0, 0.1) is 6.92 Å². The first-order chi connectivity index (χ1) is 11.6. The zero-order chi connectivity index (χ0) is 16.7. The van der Waals surface area contributed by atoms with Crippen LogP contribution in [-0.4, -0.2) is 19.7 Å². The van der Waals surface area contributed by atoms with E-state index in [2.05, 4.69) is 15.2 Å². The number of aromatic nitrogens is 4. The van der Waals surface area contributed by atoms with Crippen molar-refractivity contribution in [3.63, 3.8) is 0 Å². The number of benzene rings is 2. The molecule has 0 spiro atoms. The van der Waals surface area contributed by atoms with E-state index in [1.54, 1.807) is 6.07 Å². The molecule has 0 fully saturated rings. The lowest BCUT2D eigenvalue weighted by atomic mass is 10.1. The van der Waals surface area contributed by atoms with Crippen LogP contribution in [0.3, 0.4) is 0 Å². The molecule has 4 rings (SSSR count). The van der Waals surface area contributed by atoms with Crippen LogP contribution in [-0.2, 0) is 0 Å². The number of fused-ring (bicyclic) bond motifs is 1. The lowest BCUT2D eigenvalue weighted by molar-refractivity contribution is 0.899. The maximum Gasteiger partial charge on any atom is 0.267 e. The maximum absolute atomic E-state index is 12.8. The Morgan fingerprint density at radius 3 is 2.62 bits per heavy atom. The molecule has 0 saturated carbocycles. The minimum Gasteiger partial charge on any atom is -0.280 e. The summed E-state index contributed by atoms with van der Waals surface area (Å²) in [5, 5.41) is 8.49. The number of H-pyrrole nitrogens is 1. The summed E-state index contributed by atoms with van der Waals surface area (Å²) in [6.07, 6.45) is 1.51. The van der Waals surface area contributed by atoms with Gasteiger partial charge in [0.25, 0.3) is 5.56 Å². The van der Waals surface area contributed by atoms with Crippen LogP contribution in [0.5, 0.6) is 0 Å². The standard InChI is InChI=1S/C18H13ClN4O/c1-11-16(12-6-8-13(19)9-7-12)17(22-21-11)23-10-20-15-5-3-2-4-14(15)18(23)24/h2-10H,1H3,(H,21,22). The number of nitrogens with zero attached hydrogens (tertiary/aromatic N) is 3. The van der Waals surface area contributed by atoms with Gasteiger partial charge in [-0.3, -0.25) is 9.89 Å². The monoisotopic (exact) mass is 336 g/mol. The normalized spacial score (nSPS) is 11.1. The molecule has 2 aromatic carbocycles. The molecule has 0 unspecified atom stereocenters. The van der Waals surface area contributed by atoms with Gasteiger partial charge in [0.05, 0.1) is 10.9 Å². The van der Waals surface area contributed by atoms with E-state index in [9.17, 15) is 4.79 Å². The Morgan fingerprint density at radius 2 is 1.83 bits per heavy atom. The van der Waals surface area contributed by atoms with E-state index in [0.717, 1.165) is 16.8 Å². The third-order valence-electron chi connectivity index (χ3n) is 3.95. The summed E-state index contributed by atoms with van der Waals surface area (Å²) in [6.45, 7) is 1.92. The Balaban J connectivity index is 1.97. The molecule has 0 atom stereocenters. The van der Waals surface area contributed by atoms with Crippen molar-refractivity contribution in [3.05, 3.63) is 75.9 Å². The third kappa shape index (κ3) is 2.30. The number of rotatable bonds is 2. The van der Waals surface area contributed by atoms with Gasteiger partial charge in [-0.15, -0.1) is 0 Å². The summed E-state index contributed by atoms with van der Waals surface area (Å²) in [4.78, 5) is 17.2. The van der Waals surface area contributed by atoms with E-state index in [-0.39, 0.29) is 5.56 Å². The minimum atomic E-state index is -0.151. The predicted molar refractivity (Wildman–Crippen MR) is 94.7 cm³/mol. The number of nitrogens with one attached hydrogen (secondary N) is 1. The Hall–Kier alpha value is -2.92. The van der Waals surface area contributed by atoms with Gasteiger partial charge in [0.1, 0.15) is 6.33 Å². The van der Waals surface area contributed by atoms with Gasteiger partial charge in [0.2, 0.25) is 0 Å². The second kappa shape index (κ2) is 5.62. The lowest BCUT2D eigenvalue weighted by Gasteiger charge is -2.07. The van der Waals surface area contributed by atoms with Crippen molar-refractivity contribution in [1.82, 2.24) is 19.7 Å². The van der Waals surface area contributed by atoms with E-state index >= 15 is 0 Å². The molecule has 4 aromatic rings. The van der Waals surface area contributed by atoms with E-state index in [1.807, 2.05) is 49.4 Å². The quantitative estimate of drug-likeness (QED) is 0.606. The third-order valence-corrected chi connectivity index (χ3v) is 4.21. The molecule has 5 nitrogen and oxygen atoms in total. The van der Waals surface area contributed by atoms with Crippen LogP contribution in [0.2, 0.25) is 5.02 Å². The number of aromatic amines is 1. The van der Waals surface area contributed by atoms with Gasteiger partial charge in [0.15, 0.2) is 5.82 Å². The molecule has 0 amide bonds. The van der Waals surface area contributed by atoms with E-state index < -0.39 is 0 Å². The van der Waals surface area contributed by atoms with Crippen molar-refractivity contribution in [2.75, 3.05) is 0 Å². The van der Waals surface area contributed by atoms with Crippen LogP contribution in [0.25, 0.3) is 27.8 Å². The highest BCUT2D eigenvalue weighted by atomic mass is 35.5. The molecule has 0 radical (unpaired) electrons. The smallest absolute Gasteiger partial charge is 0.267 e.